The molecule has 4 heteroatoms. The molecule has 0 radical (unpaired) electrons. The Balaban J connectivity index is 1.93. The summed E-state index contributed by atoms with van der Waals surface area (Å²) >= 11 is 0. The van der Waals surface area contributed by atoms with E-state index in [1.165, 1.54) is 25.7 Å². The third-order valence-corrected chi connectivity index (χ3v) is 3.92. The summed E-state index contributed by atoms with van der Waals surface area (Å²) in [5, 5.41) is 2.80. The van der Waals surface area contributed by atoms with E-state index in [1.54, 1.807) is 0 Å². The van der Waals surface area contributed by atoms with E-state index in [0.717, 1.165) is 31.6 Å². The molecular formula is C16H29NO3. The van der Waals surface area contributed by atoms with Gasteiger partial charge in [0, 0.05) is 13.0 Å². The topological polar surface area (TPSA) is 55.4 Å². The molecule has 4 nitrogen and oxygen atoms in total. The fraction of sp³-hybridized carbons (Fsp3) is 0.875. The van der Waals surface area contributed by atoms with Crippen LogP contribution in [-0.2, 0) is 14.3 Å². The zero-order valence-corrected chi connectivity index (χ0v) is 12.8. The van der Waals surface area contributed by atoms with E-state index in [-0.39, 0.29) is 18.3 Å². The second-order valence-corrected chi connectivity index (χ2v) is 5.72. The fourth-order valence-corrected chi connectivity index (χ4v) is 2.64. The summed E-state index contributed by atoms with van der Waals surface area (Å²) in [6.07, 6.45) is 10.2. The molecule has 1 rings (SSSR count). The Kier molecular flexibility index (Phi) is 9.09. The first-order valence-corrected chi connectivity index (χ1v) is 8.14. The number of nitrogens with one attached hydrogen (secondary N) is 1. The summed E-state index contributed by atoms with van der Waals surface area (Å²) in [7, 11) is 0. The smallest absolute Gasteiger partial charge is 0.307 e. The summed E-state index contributed by atoms with van der Waals surface area (Å²) in [4.78, 5) is 23.0. The standard InChI is InChI=1S/C16H29NO3/c1-2-3-6-13-20-16(19)11-12-17-15(18)10-9-14-7-4-5-8-14/h14H,2-13H2,1H3,(H,17,18). The number of ether oxygens (including phenoxy) is 1. The van der Waals surface area contributed by atoms with E-state index in [2.05, 4.69) is 12.2 Å². The van der Waals surface area contributed by atoms with Crippen LogP contribution in [0, 0.1) is 5.92 Å². The maximum absolute atomic E-state index is 11.6. The minimum Gasteiger partial charge on any atom is -0.466 e. The van der Waals surface area contributed by atoms with Gasteiger partial charge >= 0.3 is 5.97 Å². The summed E-state index contributed by atoms with van der Waals surface area (Å²) < 4.78 is 5.08. The highest BCUT2D eigenvalue weighted by atomic mass is 16.5. The maximum Gasteiger partial charge on any atom is 0.307 e. The van der Waals surface area contributed by atoms with Gasteiger partial charge in [0.25, 0.3) is 0 Å². The van der Waals surface area contributed by atoms with Crippen molar-refractivity contribution in [2.45, 2.75) is 71.1 Å². The third-order valence-electron chi connectivity index (χ3n) is 3.92. The first kappa shape index (κ1) is 17.0. The quantitative estimate of drug-likeness (QED) is 0.495. The number of amides is 1. The second-order valence-electron chi connectivity index (χ2n) is 5.72. The molecule has 1 saturated carbocycles. The van der Waals surface area contributed by atoms with Crippen molar-refractivity contribution in [2.75, 3.05) is 13.2 Å². The summed E-state index contributed by atoms with van der Waals surface area (Å²) in [5.41, 5.74) is 0. The van der Waals surface area contributed by atoms with Crippen molar-refractivity contribution >= 4 is 11.9 Å². The van der Waals surface area contributed by atoms with Gasteiger partial charge in [-0.1, -0.05) is 45.4 Å². The van der Waals surface area contributed by atoms with Crippen LogP contribution in [0.3, 0.4) is 0 Å². The SMILES string of the molecule is CCCCCOC(=O)CCNC(=O)CCC1CCCC1. The summed E-state index contributed by atoms with van der Waals surface area (Å²) in [6.45, 7) is 3.02. The zero-order valence-electron chi connectivity index (χ0n) is 12.8. The average Bonchev–Trinajstić information content (AvgIpc) is 2.95. The molecule has 0 heterocycles. The molecule has 0 aromatic carbocycles. The van der Waals surface area contributed by atoms with Gasteiger partial charge in [-0.05, 0) is 18.8 Å². The van der Waals surface area contributed by atoms with Gasteiger partial charge in [-0.2, -0.15) is 0 Å². The molecule has 1 aliphatic rings. The van der Waals surface area contributed by atoms with E-state index >= 15 is 0 Å². The molecule has 1 fully saturated rings. The Bertz CT molecular complexity index is 285. The molecule has 1 amide bonds. The van der Waals surface area contributed by atoms with Gasteiger partial charge in [-0.25, -0.2) is 0 Å². The largest absolute Gasteiger partial charge is 0.466 e. The van der Waals surface area contributed by atoms with Crippen molar-refractivity contribution in [2.24, 2.45) is 5.92 Å². The van der Waals surface area contributed by atoms with Gasteiger partial charge in [0.15, 0.2) is 0 Å². The van der Waals surface area contributed by atoms with E-state index < -0.39 is 0 Å². The zero-order chi connectivity index (χ0) is 14.6. The molecule has 0 spiro atoms. The van der Waals surface area contributed by atoms with Gasteiger partial charge in [0.2, 0.25) is 5.91 Å². The monoisotopic (exact) mass is 283 g/mol. The normalized spacial score (nSPS) is 15.2. The van der Waals surface area contributed by atoms with Gasteiger partial charge in [0.05, 0.1) is 13.0 Å². The number of hydrogen-bond acceptors (Lipinski definition) is 3. The van der Waals surface area contributed by atoms with Gasteiger partial charge in [0.1, 0.15) is 0 Å². The summed E-state index contributed by atoms with van der Waals surface area (Å²) in [6, 6.07) is 0. The van der Waals surface area contributed by atoms with Crippen LogP contribution >= 0.6 is 0 Å². The lowest BCUT2D eigenvalue weighted by Gasteiger charge is -2.09. The minimum absolute atomic E-state index is 0.0654. The van der Waals surface area contributed by atoms with Crippen LogP contribution < -0.4 is 5.32 Å². The number of unbranched alkanes of at least 4 members (excludes halogenated alkanes) is 2. The third kappa shape index (κ3) is 8.18. The van der Waals surface area contributed by atoms with Crippen molar-refractivity contribution in [3.8, 4) is 0 Å². The molecule has 0 saturated heterocycles. The molecular weight excluding hydrogens is 254 g/mol. The molecule has 0 aromatic heterocycles. The van der Waals surface area contributed by atoms with Crippen molar-refractivity contribution < 1.29 is 14.3 Å². The van der Waals surface area contributed by atoms with Crippen LogP contribution in [-0.4, -0.2) is 25.0 Å². The van der Waals surface area contributed by atoms with Gasteiger partial charge < -0.3 is 10.1 Å². The van der Waals surface area contributed by atoms with Crippen molar-refractivity contribution in [1.29, 1.82) is 0 Å². The van der Waals surface area contributed by atoms with Crippen LogP contribution in [0.1, 0.15) is 71.1 Å². The summed E-state index contributed by atoms with van der Waals surface area (Å²) in [5.74, 6) is 0.595. The Morgan fingerprint density at radius 1 is 1.15 bits per heavy atom. The van der Waals surface area contributed by atoms with Crippen molar-refractivity contribution in [3.63, 3.8) is 0 Å². The molecule has 0 bridgehead atoms. The maximum atomic E-state index is 11.6. The van der Waals surface area contributed by atoms with Crippen molar-refractivity contribution in [1.82, 2.24) is 5.32 Å². The Morgan fingerprint density at radius 3 is 2.60 bits per heavy atom. The highest BCUT2D eigenvalue weighted by Gasteiger charge is 2.16. The first-order chi connectivity index (χ1) is 9.72. The fourth-order valence-electron chi connectivity index (χ4n) is 2.64. The van der Waals surface area contributed by atoms with E-state index in [4.69, 9.17) is 4.74 Å². The Hall–Kier alpha value is -1.06. The molecule has 0 aromatic rings. The average molecular weight is 283 g/mol. The lowest BCUT2D eigenvalue weighted by atomic mass is 10.0. The minimum atomic E-state index is -0.211. The van der Waals surface area contributed by atoms with E-state index in [0.29, 0.717) is 19.6 Å². The van der Waals surface area contributed by atoms with Gasteiger partial charge in [-0.3, -0.25) is 9.59 Å². The van der Waals surface area contributed by atoms with Crippen LogP contribution in [0.2, 0.25) is 0 Å². The van der Waals surface area contributed by atoms with Crippen LogP contribution in [0.25, 0.3) is 0 Å². The number of esters is 1. The van der Waals surface area contributed by atoms with Crippen molar-refractivity contribution in [3.05, 3.63) is 0 Å². The molecule has 0 aliphatic heterocycles. The lowest BCUT2D eigenvalue weighted by Crippen LogP contribution is -2.26. The van der Waals surface area contributed by atoms with Crippen LogP contribution in [0.4, 0.5) is 0 Å². The molecule has 0 unspecified atom stereocenters. The number of carbonyl (C=O) groups excluding carboxylic acids is 2. The molecule has 1 N–H and O–H groups in total. The van der Waals surface area contributed by atoms with Crippen LogP contribution in [0.5, 0.6) is 0 Å². The first-order valence-electron chi connectivity index (χ1n) is 8.14. The second kappa shape index (κ2) is 10.7. The Labute approximate surface area is 122 Å². The molecule has 20 heavy (non-hydrogen) atoms. The predicted octanol–water partition coefficient (Wildman–Crippen LogP) is 3.20. The number of carbonyl (C=O) groups is 2. The molecule has 1 aliphatic carbocycles. The lowest BCUT2D eigenvalue weighted by molar-refractivity contribution is -0.143. The number of rotatable bonds is 10. The highest BCUT2D eigenvalue weighted by molar-refractivity contribution is 5.77. The highest BCUT2D eigenvalue weighted by Crippen LogP contribution is 2.28. The van der Waals surface area contributed by atoms with Gasteiger partial charge in [-0.15, -0.1) is 0 Å². The van der Waals surface area contributed by atoms with Crippen LogP contribution in [0.15, 0.2) is 0 Å². The number of hydrogen-bond donors (Lipinski definition) is 1. The van der Waals surface area contributed by atoms with E-state index in [9.17, 15) is 9.59 Å². The Morgan fingerprint density at radius 2 is 1.90 bits per heavy atom. The predicted molar refractivity (Wildman–Crippen MR) is 79.3 cm³/mol. The molecule has 0 atom stereocenters. The molecule has 116 valence electrons. The van der Waals surface area contributed by atoms with E-state index in [1.807, 2.05) is 0 Å².